The molecule has 0 fully saturated rings. The second-order valence-corrected chi connectivity index (χ2v) is 8.50. The van der Waals surface area contributed by atoms with Crippen LogP contribution in [0.4, 0.5) is 11.4 Å². The first-order chi connectivity index (χ1) is 14.2. The van der Waals surface area contributed by atoms with Gasteiger partial charge in [-0.05, 0) is 30.7 Å². The normalized spacial score (nSPS) is 10.9. The second-order valence-electron chi connectivity index (χ2n) is 7.75. The quantitative estimate of drug-likeness (QED) is 0.187. The molecule has 0 spiro atoms. The molecule has 0 unspecified atom stereocenters. The van der Waals surface area contributed by atoms with Gasteiger partial charge in [-0.15, -0.1) is 23.2 Å². The SMILES string of the molecule is CCCCCCCCCCCCCC(=O)Nc1ccc(N(CCCl)CCCl)cc1. The lowest BCUT2D eigenvalue weighted by molar-refractivity contribution is -0.116. The van der Waals surface area contributed by atoms with Crippen molar-refractivity contribution in [2.75, 3.05) is 35.1 Å². The van der Waals surface area contributed by atoms with Gasteiger partial charge in [0, 0.05) is 42.6 Å². The summed E-state index contributed by atoms with van der Waals surface area (Å²) >= 11 is 11.7. The van der Waals surface area contributed by atoms with Crippen molar-refractivity contribution in [3.05, 3.63) is 24.3 Å². The van der Waals surface area contributed by atoms with Crippen molar-refractivity contribution >= 4 is 40.5 Å². The molecular formula is C24H40Cl2N2O. The predicted octanol–water partition coefficient (Wildman–Crippen LogP) is 7.61. The number of carbonyl (C=O) groups is 1. The molecule has 1 aromatic rings. The number of hydrogen-bond donors (Lipinski definition) is 1. The first-order valence-corrected chi connectivity index (χ1v) is 12.5. The summed E-state index contributed by atoms with van der Waals surface area (Å²) in [7, 11) is 0. The van der Waals surface area contributed by atoms with Crippen LogP contribution in [0, 0.1) is 0 Å². The van der Waals surface area contributed by atoms with E-state index in [1.54, 1.807) is 0 Å². The van der Waals surface area contributed by atoms with Gasteiger partial charge in [-0.3, -0.25) is 4.79 Å². The Morgan fingerprint density at radius 2 is 1.28 bits per heavy atom. The van der Waals surface area contributed by atoms with Gasteiger partial charge in [0.2, 0.25) is 5.91 Å². The van der Waals surface area contributed by atoms with Crippen LogP contribution >= 0.6 is 23.2 Å². The van der Waals surface area contributed by atoms with Gasteiger partial charge in [0.25, 0.3) is 0 Å². The molecule has 3 nitrogen and oxygen atoms in total. The van der Waals surface area contributed by atoms with Crippen molar-refractivity contribution in [3.8, 4) is 0 Å². The summed E-state index contributed by atoms with van der Waals surface area (Å²) < 4.78 is 0. The van der Waals surface area contributed by atoms with E-state index in [1.807, 2.05) is 24.3 Å². The van der Waals surface area contributed by atoms with Gasteiger partial charge in [0.05, 0.1) is 0 Å². The Kier molecular flexibility index (Phi) is 16.1. The maximum Gasteiger partial charge on any atom is 0.224 e. The minimum atomic E-state index is 0.104. The van der Waals surface area contributed by atoms with E-state index in [0.717, 1.165) is 37.3 Å². The fraction of sp³-hybridized carbons (Fsp3) is 0.708. The smallest absolute Gasteiger partial charge is 0.224 e. The molecule has 0 heterocycles. The van der Waals surface area contributed by atoms with E-state index in [-0.39, 0.29) is 5.91 Å². The minimum Gasteiger partial charge on any atom is -0.369 e. The molecule has 0 aromatic heterocycles. The number of nitrogens with one attached hydrogen (secondary N) is 1. The summed E-state index contributed by atoms with van der Waals surface area (Å²) in [6.45, 7) is 3.79. The van der Waals surface area contributed by atoms with Crippen LogP contribution in [-0.2, 0) is 4.79 Å². The Hall–Kier alpha value is -0.930. The molecule has 1 N–H and O–H groups in total. The van der Waals surface area contributed by atoms with Crippen molar-refractivity contribution in [1.29, 1.82) is 0 Å². The highest BCUT2D eigenvalue weighted by Crippen LogP contribution is 2.19. The number of nitrogens with zero attached hydrogens (tertiary/aromatic N) is 1. The Bertz CT molecular complexity index is 516. The lowest BCUT2D eigenvalue weighted by atomic mass is 10.1. The van der Waals surface area contributed by atoms with Gasteiger partial charge in [-0.25, -0.2) is 0 Å². The Morgan fingerprint density at radius 1 is 0.793 bits per heavy atom. The van der Waals surface area contributed by atoms with Crippen LogP contribution in [0.3, 0.4) is 0 Å². The molecule has 1 amide bonds. The summed E-state index contributed by atoms with van der Waals surface area (Å²) in [4.78, 5) is 14.3. The molecule has 0 radical (unpaired) electrons. The number of carbonyl (C=O) groups excluding carboxylic acids is 1. The van der Waals surface area contributed by atoms with E-state index in [2.05, 4.69) is 17.1 Å². The zero-order chi connectivity index (χ0) is 21.2. The predicted molar refractivity (Wildman–Crippen MR) is 130 cm³/mol. The molecule has 0 saturated carbocycles. The molecule has 0 aliphatic rings. The van der Waals surface area contributed by atoms with Gasteiger partial charge in [0.15, 0.2) is 0 Å². The van der Waals surface area contributed by atoms with E-state index in [4.69, 9.17) is 23.2 Å². The summed E-state index contributed by atoms with van der Waals surface area (Å²) in [5.41, 5.74) is 1.92. The Morgan fingerprint density at radius 3 is 1.76 bits per heavy atom. The largest absolute Gasteiger partial charge is 0.369 e. The lowest BCUT2D eigenvalue weighted by Gasteiger charge is -2.23. The Labute approximate surface area is 188 Å². The van der Waals surface area contributed by atoms with E-state index in [1.165, 1.54) is 57.8 Å². The van der Waals surface area contributed by atoms with E-state index in [9.17, 15) is 4.79 Å². The molecule has 1 rings (SSSR count). The van der Waals surface area contributed by atoms with Crippen LogP contribution in [0.1, 0.15) is 84.0 Å². The van der Waals surface area contributed by atoms with Crippen LogP contribution in [-0.4, -0.2) is 30.8 Å². The zero-order valence-corrected chi connectivity index (χ0v) is 19.7. The maximum atomic E-state index is 12.1. The maximum absolute atomic E-state index is 12.1. The standard InChI is InChI=1S/C24H40Cl2N2O/c1-2-3-4-5-6-7-8-9-10-11-12-13-24(29)27-22-14-16-23(17-15-22)28(20-18-25)21-19-26/h14-17H,2-13,18-21H2,1H3,(H,27,29). The fourth-order valence-corrected chi connectivity index (χ4v) is 3.91. The van der Waals surface area contributed by atoms with Gasteiger partial charge < -0.3 is 10.2 Å². The van der Waals surface area contributed by atoms with Crippen molar-refractivity contribution in [1.82, 2.24) is 0 Å². The highest BCUT2D eigenvalue weighted by Gasteiger charge is 2.07. The number of rotatable bonds is 18. The molecule has 0 saturated heterocycles. The van der Waals surface area contributed by atoms with Crippen molar-refractivity contribution in [3.63, 3.8) is 0 Å². The fourth-order valence-electron chi connectivity index (χ4n) is 3.50. The van der Waals surface area contributed by atoms with Crippen molar-refractivity contribution in [2.24, 2.45) is 0 Å². The first kappa shape index (κ1) is 26.1. The number of alkyl halides is 2. The number of benzene rings is 1. The second kappa shape index (κ2) is 17.9. The van der Waals surface area contributed by atoms with Crippen LogP contribution in [0.5, 0.6) is 0 Å². The molecule has 0 bridgehead atoms. The summed E-state index contributed by atoms with van der Waals surface area (Å²) in [5, 5.41) is 3.00. The monoisotopic (exact) mass is 442 g/mol. The van der Waals surface area contributed by atoms with Crippen molar-refractivity contribution < 1.29 is 4.79 Å². The number of unbranched alkanes of at least 4 members (excludes halogenated alkanes) is 10. The number of halogens is 2. The number of hydrogen-bond acceptors (Lipinski definition) is 2. The van der Waals surface area contributed by atoms with E-state index in [0.29, 0.717) is 18.2 Å². The van der Waals surface area contributed by atoms with Crippen LogP contribution in [0.25, 0.3) is 0 Å². The molecule has 0 aliphatic heterocycles. The van der Waals surface area contributed by atoms with E-state index >= 15 is 0 Å². The van der Waals surface area contributed by atoms with Gasteiger partial charge in [0.1, 0.15) is 0 Å². The van der Waals surface area contributed by atoms with Gasteiger partial charge in [-0.1, -0.05) is 71.1 Å². The van der Waals surface area contributed by atoms with Crippen LogP contribution < -0.4 is 10.2 Å². The molecule has 29 heavy (non-hydrogen) atoms. The number of amides is 1. The zero-order valence-electron chi connectivity index (χ0n) is 18.2. The molecule has 166 valence electrons. The summed E-state index contributed by atoms with van der Waals surface area (Å²) in [6, 6.07) is 7.92. The highest BCUT2D eigenvalue weighted by atomic mass is 35.5. The van der Waals surface area contributed by atoms with Gasteiger partial charge >= 0.3 is 0 Å². The van der Waals surface area contributed by atoms with E-state index < -0.39 is 0 Å². The summed E-state index contributed by atoms with van der Waals surface area (Å²) in [6.07, 6.45) is 14.9. The highest BCUT2D eigenvalue weighted by molar-refractivity contribution is 6.18. The number of anilines is 2. The Balaban J connectivity index is 2.12. The van der Waals surface area contributed by atoms with Gasteiger partial charge in [-0.2, -0.15) is 0 Å². The lowest BCUT2D eigenvalue weighted by Crippen LogP contribution is -2.27. The van der Waals surface area contributed by atoms with Crippen molar-refractivity contribution in [2.45, 2.75) is 84.0 Å². The summed E-state index contributed by atoms with van der Waals surface area (Å²) in [5.74, 6) is 1.23. The molecular weight excluding hydrogens is 403 g/mol. The first-order valence-electron chi connectivity index (χ1n) is 11.5. The molecule has 5 heteroatoms. The third-order valence-electron chi connectivity index (χ3n) is 5.23. The third kappa shape index (κ3) is 13.1. The molecule has 0 aliphatic carbocycles. The average molecular weight is 444 g/mol. The molecule has 1 aromatic carbocycles. The topological polar surface area (TPSA) is 32.3 Å². The third-order valence-corrected chi connectivity index (χ3v) is 5.57. The molecule has 0 atom stereocenters. The minimum absolute atomic E-state index is 0.104. The van der Waals surface area contributed by atoms with Crippen LogP contribution in [0.15, 0.2) is 24.3 Å². The van der Waals surface area contributed by atoms with Crippen LogP contribution in [0.2, 0.25) is 0 Å². The average Bonchev–Trinajstić information content (AvgIpc) is 2.72.